The summed E-state index contributed by atoms with van der Waals surface area (Å²) in [5, 5.41) is 12.5. The number of ether oxygens (including phenoxy) is 1. The van der Waals surface area contributed by atoms with Crippen LogP contribution in [0.3, 0.4) is 0 Å². The van der Waals surface area contributed by atoms with Crippen LogP contribution in [-0.4, -0.2) is 30.3 Å². The van der Waals surface area contributed by atoms with E-state index in [1.54, 1.807) is 12.1 Å². The number of anilines is 1. The summed E-state index contributed by atoms with van der Waals surface area (Å²) in [6.45, 7) is 1.99. The first-order valence-electron chi connectivity index (χ1n) is 6.05. The Kier molecular flexibility index (Phi) is 6.80. The lowest BCUT2D eigenvalue weighted by molar-refractivity contribution is -0.146. The van der Waals surface area contributed by atoms with Gasteiger partial charge < -0.3 is 15.2 Å². The fraction of sp³-hybridized carbons (Fsp3) is 0.462. The van der Waals surface area contributed by atoms with E-state index in [0.717, 1.165) is 0 Å². The topological polar surface area (TPSA) is 58.6 Å². The zero-order valence-electron chi connectivity index (χ0n) is 10.7. The van der Waals surface area contributed by atoms with Gasteiger partial charge in [0, 0.05) is 18.7 Å². The fourth-order valence-electron chi connectivity index (χ4n) is 1.37. The third kappa shape index (κ3) is 6.02. The molecule has 0 amide bonds. The first kappa shape index (κ1) is 15.9. The molecule has 0 fully saturated rings. The van der Waals surface area contributed by atoms with Gasteiger partial charge in [-0.15, -0.1) is 0 Å². The average Bonchev–Trinajstić information content (AvgIpc) is 2.38. The smallest absolute Gasteiger partial charge is 0.305 e. The van der Waals surface area contributed by atoms with Crippen molar-refractivity contribution in [1.82, 2.24) is 0 Å². The van der Waals surface area contributed by atoms with E-state index in [-0.39, 0.29) is 24.9 Å². The molecule has 0 aliphatic rings. The number of hydrogen-bond donors (Lipinski definition) is 2. The molecule has 0 spiro atoms. The largest absolute Gasteiger partial charge is 0.463 e. The summed E-state index contributed by atoms with van der Waals surface area (Å²) in [4.78, 5) is 11.1. The molecule has 0 unspecified atom stereocenters. The molecule has 1 rings (SSSR count). The van der Waals surface area contributed by atoms with Gasteiger partial charge in [0.05, 0.1) is 4.47 Å². The van der Waals surface area contributed by atoms with E-state index in [9.17, 15) is 14.3 Å². The number of rotatable bonds is 7. The van der Waals surface area contributed by atoms with E-state index >= 15 is 0 Å². The number of hydrogen-bond acceptors (Lipinski definition) is 4. The van der Waals surface area contributed by atoms with Crippen LogP contribution in [0.25, 0.3) is 0 Å². The molecular formula is C13H17BrFNO3. The molecule has 1 aromatic carbocycles. The van der Waals surface area contributed by atoms with Crippen LogP contribution in [0.1, 0.15) is 19.8 Å². The van der Waals surface area contributed by atoms with Gasteiger partial charge in [-0.2, -0.15) is 0 Å². The van der Waals surface area contributed by atoms with Crippen LogP contribution in [0, 0.1) is 5.82 Å². The maximum absolute atomic E-state index is 13.2. The molecule has 0 radical (unpaired) electrons. The summed E-state index contributed by atoms with van der Waals surface area (Å²) in [6.07, 6.45) is 0.233. The number of nitrogens with one attached hydrogen (secondary N) is 1. The zero-order valence-corrected chi connectivity index (χ0v) is 12.2. The molecule has 0 saturated heterocycles. The van der Waals surface area contributed by atoms with Gasteiger partial charge in [-0.3, -0.25) is 4.79 Å². The summed E-state index contributed by atoms with van der Waals surface area (Å²) < 4.78 is 18.5. The number of benzene rings is 1. The van der Waals surface area contributed by atoms with E-state index < -0.39 is 6.10 Å². The molecular weight excluding hydrogens is 317 g/mol. The molecule has 0 bridgehead atoms. The number of halogens is 2. The van der Waals surface area contributed by atoms with Gasteiger partial charge >= 0.3 is 5.97 Å². The van der Waals surface area contributed by atoms with Crippen molar-refractivity contribution in [2.24, 2.45) is 0 Å². The van der Waals surface area contributed by atoms with Gasteiger partial charge in [0.2, 0.25) is 0 Å². The van der Waals surface area contributed by atoms with Gasteiger partial charge in [-0.25, -0.2) is 4.39 Å². The Bertz CT molecular complexity index is 428. The number of carbonyl (C=O) groups is 1. The lowest BCUT2D eigenvalue weighted by Gasteiger charge is -2.13. The van der Waals surface area contributed by atoms with Crippen molar-refractivity contribution < 1.29 is 19.0 Å². The standard InChI is InChI=1S/C13H17BrFNO3/c1-2-3-13(18)19-8-10(17)7-16-9-4-5-11(14)12(15)6-9/h4-6,10,16-17H,2-3,7-8H2,1H3/t10-/m1/s1. The van der Waals surface area contributed by atoms with Crippen molar-refractivity contribution in [1.29, 1.82) is 0 Å². The predicted octanol–water partition coefficient (Wildman–Crippen LogP) is 2.70. The highest BCUT2D eigenvalue weighted by molar-refractivity contribution is 9.10. The number of carbonyl (C=O) groups excluding carboxylic acids is 1. The van der Waals surface area contributed by atoms with Crippen molar-refractivity contribution >= 4 is 27.6 Å². The van der Waals surface area contributed by atoms with Crippen LogP contribution < -0.4 is 5.32 Å². The Morgan fingerprint density at radius 2 is 2.32 bits per heavy atom. The third-order valence-electron chi connectivity index (χ3n) is 2.35. The van der Waals surface area contributed by atoms with Crippen LogP contribution in [0.4, 0.5) is 10.1 Å². The van der Waals surface area contributed by atoms with Gasteiger partial charge in [-0.1, -0.05) is 6.92 Å². The monoisotopic (exact) mass is 333 g/mol. The van der Waals surface area contributed by atoms with Crippen molar-refractivity contribution in [3.63, 3.8) is 0 Å². The average molecular weight is 334 g/mol. The molecule has 1 atom stereocenters. The second kappa shape index (κ2) is 8.12. The Labute approximate surface area is 120 Å². The van der Waals surface area contributed by atoms with Crippen molar-refractivity contribution in [2.45, 2.75) is 25.9 Å². The summed E-state index contributed by atoms with van der Waals surface area (Å²) >= 11 is 3.06. The Morgan fingerprint density at radius 1 is 1.58 bits per heavy atom. The van der Waals surface area contributed by atoms with E-state index in [2.05, 4.69) is 21.2 Å². The molecule has 106 valence electrons. The number of aliphatic hydroxyl groups is 1. The van der Waals surface area contributed by atoms with Gasteiger partial charge in [0.1, 0.15) is 18.5 Å². The van der Waals surface area contributed by atoms with E-state index in [0.29, 0.717) is 23.0 Å². The van der Waals surface area contributed by atoms with Crippen molar-refractivity contribution in [2.75, 3.05) is 18.5 Å². The number of esters is 1. The van der Waals surface area contributed by atoms with Crippen molar-refractivity contribution in [3.05, 3.63) is 28.5 Å². The normalized spacial score (nSPS) is 12.0. The molecule has 0 aliphatic heterocycles. The predicted molar refractivity (Wildman–Crippen MR) is 74.5 cm³/mol. The first-order chi connectivity index (χ1) is 9.02. The molecule has 1 aromatic rings. The molecule has 19 heavy (non-hydrogen) atoms. The lowest BCUT2D eigenvalue weighted by atomic mass is 10.3. The quantitative estimate of drug-likeness (QED) is 0.753. The summed E-state index contributed by atoms with van der Waals surface area (Å²) in [6, 6.07) is 4.58. The van der Waals surface area contributed by atoms with E-state index in [1.807, 2.05) is 6.92 Å². The minimum absolute atomic E-state index is 0.0646. The SMILES string of the molecule is CCCC(=O)OC[C@H](O)CNc1ccc(Br)c(F)c1. The van der Waals surface area contributed by atoms with Crippen LogP contribution in [0.2, 0.25) is 0 Å². The molecule has 0 aromatic heterocycles. The Balaban J connectivity index is 2.31. The summed E-state index contributed by atoms with van der Waals surface area (Å²) in [5.74, 6) is -0.704. The zero-order chi connectivity index (χ0) is 14.3. The van der Waals surface area contributed by atoms with E-state index in [4.69, 9.17) is 4.74 Å². The van der Waals surface area contributed by atoms with Crippen LogP contribution >= 0.6 is 15.9 Å². The lowest BCUT2D eigenvalue weighted by Crippen LogP contribution is -2.26. The molecule has 0 heterocycles. The van der Waals surface area contributed by atoms with Crippen LogP contribution in [0.5, 0.6) is 0 Å². The second-order valence-corrected chi connectivity index (χ2v) is 4.95. The van der Waals surface area contributed by atoms with Crippen molar-refractivity contribution in [3.8, 4) is 0 Å². The maximum atomic E-state index is 13.2. The summed E-state index contributed by atoms with van der Waals surface area (Å²) in [5.41, 5.74) is 0.555. The van der Waals surface area contributed by atoms with E-state index in [1.165, 1.54) is 6.07 Å². The van der Waals surface area contributed by atoms with Gasteiger partial charge in [0.15, 0.2) is 0 Å². The summed E-state index contributed by atoms with van der Waals surface area (Å²) in [7, 11) is 0. The van der Waals surface area contributed by atoms with Crippen LogP contribution in [-0.2, 0) is 9.53 Å². The molecule has 6 heteroatoms. The highest BCUT2D eigenvalue weighted by Crippen LogP contribution is 2.19. The van der Waals surface area contributed by atoms with Gasteiger partial charge in [-0.05, 0) is 40.5 Å². The molecule has 0 aliphatic carbocycles. The number of aliphatic hydroxyl groups excluding tert-OH is 1. The first-order valence-corrected chi connectivity index (χ1v) is 6.84. The maximum Gasteiger partial charge on any atom is 0.305 e. The highest BCUT2D eigenvalue weighted by Gasteiger charge is 2.08. The molecule has 4 nitrogen and oxygen atoms in total. The fourth-order valence-corrected chi connectivity index (χ4v) is 1.61. The highest BCUT2D eigenvalue weighted by atomic mass is 79.9. The molecule has 2 N–H and O–H groups in total. The second-order valence-electron chi connectivity index (χ2n) is 4.10. The molecule has 0 saturated carbocycles. The third-order valence-corrected chi connectivity index (χ3v) is 3.00. The minimum Gasteiger partial charge on any atom is -0.463 e. The Hall–Kier alpha value is -1.14. The van der Waals surface area contributed by atoms with Crippen LogP contribution in [0.15, 0.2) is 22.7 Å². The Morgan fingerprint density at radius 3 is 2.95 bits per heavy atom. The minimum atomic E-state index is -0.826. The van der Waals surface area contributed by atoms with Gasteiger partial charge in [0.25, 0.3) is 0 Å².